The number of aliphatic hydroxyl groups is 1. The second-order valence-electron chi connectivity index (χ2n) is 25.2. The number of fused-ring (bicyclic) bond motifs is 2. The van der Waals surface area contributed by atoms with Gasteiger partial charge in [-0.2, -0.15) is 9.78 Å². The standard InChI is InChI=1S/C10H14N.C9H12N.C7H9NO2S2.C6H11N3O.C6H7NS.C6H14N.C6H8N.C6H6O2S.C5H7N3O2S.C5H7NS2.C3H6N4S.C3H6N4.C3H4N2S2/c1-11-8-4-6-9-5-2-3-7-10(9)11;1-10-7-3-5-8-4-2-6-9(8)10;1-4-5(3-6(9)10)12-7(8-4)11-2;1-8-3-2-6(7)9(8)4-5-10;1-3-6-5(2)7-4-8-6;1-7(2)5-3-4-6-7;1-7-5-3-2-4-6-7;1-9-6(7)5-3-2-4-8-5;1-8-5(11-2)6-3(9)4(10)7-8;1-4-3-8-5(6-4)7-2;1-7-3(8-2)4-5-6-7;1-3-4-6-7(2)5-3;1-6-3-2-4-5-7-3/h4,6,8H,2-3,5,7H2,1H3;3,5,7H,2,4,6H2,1H3;3H2,1-2H3,(H,9,10);2-3,7,10H,4-5H2,1H3;3-4H,1H2,2H3;3-6H2,1-2H3;2-6H,1H3;2-4H,1H3;1-2H3,(H,7,10);3H,1-2H3;1-2H3;1-2H3;2H,1H3/q2*+1;;;;2*+1;;;;;;/p+1. The summed E-state index contributed by atoms with van der Waals surface area (Å²) in [6, 6.07) is 19.9. The molecule has 0 saturated carbocycles. The molecular formula is C75H112N23O7S10+5. The van der Waals surface area contributed by atoms with Gasteiger partial charge in [0.05, 0.1) is 82.7 Å². The molecule has 0 bridgehead atoms. The summed E-state index contributed by atoms with van der Waals surface area (Å²) < 4.78 is 26.2. The number of carbonyl (C=O) groups is 2. The van der Waals surface area contributed by atoms with Gasteiger partial charge in [0, 0.05) is 96.0 Å². The fourth-order valence-electron chi connectivity index (χ4n) is 10.1. The van der Waals surface area contributed by atoms with Crippen LogP contribution in [0, 0.1) is 27.7 Å². The molecule has 0 spiro atoms. The van der Waals surface area contributed by atoms with Crippen molar-refractivity contribution in [2.75, 3.05) is 77.1 Å². The molecule has 0 atom stereocenters. The van der Waals surface area contributed by atoms with Gasteiger partial charge in [-0.05, 0) is 149 Å². The van der Waals surface area contributed by atoms with Crippen LogP contribution in [0.1, 0.15) is 97.8 Å². The Labute approximate surface area is 716 Å². The lowest BCUT2D eigenvalue weighted by Gasteiger charge is -2.21. The number of aliphatic hydroxyl groups excluding tert-OH is 1. The van der Waals surface area contributed by atoms with Crippen molar-refractivity contribution in [2.24, 2.45) is 49.3 Å². The summed E-state index contributed by atoms with van der Waals surface area (Å²) in [4.78, 5) is 61.9. The SMILES string of the molecule is C=Cc1scnc1C.CSC(=O)c1ccco1.CSc1cnns1.CSc1nc(=O)c(=O)[nH]n1C.CSc1nc(C)c(CC(=O)O)s1.CSc1nc(C)cs1.CSc1nnnn1C.C[N+]1(C)CCCC1.C[n+]1ccc(N)n1CCO.C[n+]1cccc2c1CCC2.C[n+]1cccc2c1CCCC2.C[n+]1ccccc1.Cc1nnn(C)n1. The zero-order chi connectivity index (χ0) is 85.3. The lowest BCUT2D eigenvalue weighted by Crippen LogP contribution is -2.39. The van der Waals surface area contributed by atoms with Crippen molar-refractivity contribution in [3.63, 3.8) is 0 Å². The third kappa shape index (κ3) is 40.5. The minimum absolute atomic E-state index is 0.0278. The van der Waals surface area contributed by atoms with E-state index in [1.165, 1.54) is 152 Å². The first-order valence-corrected chi connectivity index (χ1v) is 46.6. The number of hydrogen-bond acceptors (Lipinski definition) is 29. The number of likely N-dealkylation sites (tertiary alicyclic amines) is 1. The van der Waals surface area contributed by atoms with Gasteiger partial charge in [-0.25, -0.2) is 33.3 Å². The number of aliphatic carboxylic acids is 1. The predicted octanol–water partition coefficient (Wildman–Crippen LogP) is 10.4. The van der Waals surface area contributed by atoms with E-state index in [2.05, 4.69) is 152 Å². The molecule has 0 unspecified atom stereocenters. The molecule has 0 amide bonds. The summed E-state index contributed by atoms with van der Waals surface area (Å²) in [6.07, 6.45) is 38.8. The quantitative estimate of drug-likeness (QED) is 0.0404. The molecule has 624 valence electrons. The van der Waals surface area contributed by atoms with Crippen LogP contribution in [-0.4, -0.2) is 182 Å². The number of nitrogens with one attached hydrogen (secondary N) is 1. The highest BCUT2D eigenvalue weighted by Crippen LogP contribution is 2.26. The van der Waals surface area contributed by atoms with E-state index in [1.807, 2.05) is 125 Å². The summed E-state index contributed by atoms with van der Waals surface area (Å²) >= 11 is 15.1. The number of hydrogen-bond donors (Lipinski definition) is 4. The van der Waals surface area contributed by atoms with E-state index >= 15 is 0 Å². The summed E-state index contributed by atoms with van der Waals surface area (Å²) in [5, 5.41) is 48.2. The van der Waals surface area contributed by atoms with Crippen molar-refractivity contribution in [1.29, 1.82) is 0 Å². The molecule has 1 aliphatic heterocycles. The van der Waals surface area contributed by atoms with Crippen LogP contribution >= 0.6 is 116 Å². The molecule has 15 rings (SSSR count). The Kier molecular flexibility index (Phi) is 50.1. The predicted molar refractivity (Wildman–Crippen MR) is 469 cm³/mol. The number of anilines is 1. The molecule has 3 aliphatic rings. The van der Waals surface area contributed by atoms with E-state index in [-0.39, 0.29) is 18.1 Å². The number of thioether (sulfide) groups is 6. The number of nitrogen functional groups attached to an aromatic ring is 1. The number of nitrogens with two attached hydrogens (primary N) is 1. The van der Waals surface area contributed by atoms with Gasteiger partial charge in [-0.1, -0.05) is 82.0 Å². The molecule has 0 aromatic carbocycles. The zero-order valence-electron chi connectivity index (χ0n) is 69.1. The fraction of sp³-hybridized carbons (Fsp3) is 0.440. The number of rotatable bonds is 11. The number of pyridine rings is 3. The molecule has 1 fully saturated rings. The van der Waals surface area contributed by atoms with Crippen molar-refractivity contribution in [3.8, 4) is 0 Å². The van der Waals surface area contributed by atoms with Crippen molar-refractivity contribution in [1.82, 2.24) is 84.4 Å². The van der Waals surface area contributed by atoms with Crippen LogP contribution in [0.2, 0.25) is 0 Å². The van der Waals surface area contributed by atoms with Crippen LogP contribution in [0.25, 0.3) is 6.08 Å². The summed E-state index contributed by atoms with van der Waals surface area (Å²) in [5.74, 6) is 1.01. The molecule has 2 aliphatic carbocycles. The third-order valence-electron chi connectivity index (χ3n) is 15.9. The Bertz CT molecular complexity index is 4770. The molecule has 12 aromatic rings. The summed E-state index contributed by atoms with van der Waals surface area (Å²) in [7, 11) is 17.9. The molecule has 5 N–H and O–H groups in total. The molecule has 40 heteroatoms. The van der Waals surface area contributed by atoms with Gasteiger partial charge in [0.25, 0.3) is 5.12 Å². The normalized spacial score (nSPS) is 11.9. The first-order valence-electron chi connectivity index (χ1n) is 35.9. The number of aromatic amines is 1. The number of furan rings is 1. The number of carboxylic acids is 1. The van der Waals surface area contributed by atoms with Gasteiger partial charge >= 0.3 is 17.1 Å². The molecule has 30 nitrogen and oxygen atoms in total. The average Bonchev–Trinajstić information content (AvgIpc) is 1.83. The van der Waals surface area contributed by atoms with Gasteiger partial charge in [0.1, 0.15) is 40.6 Å². The summed E-state index contributed by atoms with van der Waals surface area (Å²) in [5.41, 5.74) is 15.2. The molecule has 0 radical (unpaired) electrons. The monoisotopic (exact) mass is 1770 g/mol. The topological polar surface area (TPSA) is 354 Å². The second kappa shape index (κ2) is 57.0. The number of thiazole rings is 3. The zero-order valence-corrected chi connectivity index (χ0v) is 77.3. The van der Waals surface area contributed by atoms with Crippen molar-refractivity contribution < 1.29 is 47.1 Å². The fourth-order valence-corrected chi connectivity index (χ4v) is 15.7. The Hall–Kier alpha value is -8.16. The maximum atomic E-state index is 10.7. The Balaban J connectivity index is 0.000000324. The van der Waals surface area contributed by atoms with Crippen LogP contribution in [0.4, 0.5) is 5.82 Å². The van der Waals surface area contributed by atoms with E-state index in [0.29, 0.717) is 29.1 Å². The Morgan fingerprint density at radius 1 is 0.722 bits per heavy atom. The average molecular weight is 1770 g/mol. The smallest absolute Gasteiger partial charge is 0.339 e. The van der Waals surface area contributed by atoms with Crippen LogP contribution in [-0.2, 0) is 92.8 Å². The van der Waals surface area contributed by atoms with Gasteiger partial charge in [-0.15, -0.1) is 75.5 Å². The van der Waals surface area contributed by atoms with Crippen molar-refractivity contribution in [2.45, 2.75) is 122 Å². The number of quaternary nitrogens is 1. The van der Waals surface area contributed by atoms with E-state index in [9.17, 15) is 19.2 Å². The molecule has 13 heterocycles. The number of H-pyrrole nitrogens is 1. The van der Waals surface area contributed by atoms with Gasteiger partial charge in [0.15, 0.2) is 72.0 Å². The largest absolute Gasteiger partial charge is 0.481 e. The third-order valence-corrected chi connectivity index (χ3v) is 24.7. The van der Waals surface area contributed by atoms with Crippen LogP contribution < -0.4 is 35.2 Å². The van der Waals surface area contributed by atoms with Gasteiger partial charge < -0.3 is 24.8 Å². The first kappa shape index (κ1) is 101. The summed E-state index contributed by atoms with van der Waals surface area (Å²) in [6.45, 7) is 14.7. The van der Waals surface area contributed by atoms with Gasteiger partial charge in [0.2, 0.25) is 5.16 Å². The Morgan fingerprint density at radius 3 is 1.73 bits per heavy atom. The number of tetrazole rings is 2. The second-order valence-corrected chi connectivity index (χ2v) is 34.3. The van der Waals surface area contributed by atoms with E-state index in [1.54, 1.807) is 142 Å². The van der Waals surface area contributed by atoms with Gasteiger partial charge in [-0.3, -0.25) is 29.0 Å². The molecule has 1 saturated heterocycles. The van der Waals surface area contributed by atoms with E-state index < -0.39 is 17.1 Å². The van der Waals surface area contributed by atoms with E-state index in [0.717, 1.165) is 47.6 Å². The molecule has 115 heavy (non-hydrogen) atoms. The minimum Gasteiger partial charge on any atom is -0.481 e. The van der Waals surface area contributed by atoms with E-state index in [4.69, 9.17) is 20.4 Å². The van der Waals surface area contributed by atoms with Crippen LogP contribution in [0.15, 0.2) is 159 Å². The lowest BCUT2D eigenvalue weighted by atomic mass is 9.96. The van der Waals surface area contributed by atoms with Crippen LogP contribution in [0.3, 0.4) is 0 Å². The maximum Gasteiger partial charge on any atom is 0.339 e. The highest BCUT2D eigenvalue weighted by Gasteiger charge is 2.21. The number of aromatic nitrogens is 21. The lowest BCUT2D eigenvalue weighted by molar-refractivity contribution is -0.877. The van der Waals surface area contributed by atoms with Crippen molar-refractivity contribution >= 4 is 139 Å². The number of nitrogens with zero attached hydrogens (tertiary/aromatic N) is 21. The molecule has 12 aromatic heterocycles. The maximum absolute atomic E-state index is 10.7. The first-order chi connectivity index (χ1) is 55.0. The van der Waals surface area contributed by atoms with Crippen LogP contribution in [0.5, 0.6) is 0 Å². The highest BCUT2D eigenvalue weighted by molar-refractivity contribution is 8.13. The number of carboxylic acid groups (broad SMARTS) is 1. The Morgan fingerprint density at radius 2 is 1.36 bits per heavy atom. The highest BCUT2D eigenvalue weighted by atomic mass is 32.2. The molecular weight excluding hydrogens is 1660 g/mol. The minimum atomic E-state index is -0.797. The number of carbonyl (C=O) groups excluding carboxylic acids is 1. The number of aryl methyl sites for hydroxylation is 13. The van der Waals surface area contributed by atoms with Crippen molar-refractivity contribution in [3.05, 3.63) is 203 Å².